The van der Waals surface area contributed by atoms with Gasteiger partial charge in [0.1, 0.15) is 5.82 Å². The molecule has 1 saturated heterocycles. The largest absolute Gasteiger partial charge is 0.353 e. The fourth-order valence-corrected chi connectivity index (χ4v) is 2.61. The third-order valence-corrected chi connectivity index (χ3v) is 4.31. The molecule has 4 heteroatoms. The molecule has 1 heterocycles. The van der Waals surface area contributed by atoms with Gasteiger partial charge in [-0.1, -0.05) is 26.0 Å². The van der Waals surface area contributed by atoms with Gasteiger partial charge in [0.05, 0.1) is 0 Å². The van der Waals surface area contributed by atoms with Gasteiger partial charge in [0.15, 0.2) is 0 Å². The maximum atomic E-state index is 12.9. The fourth-order valence-electron chi connectivity index (χ4n) is 2.61. The van der Waals surface area contributed by atoms with E-state index < -0.39 is 0 Å². The molecule has 116 valence electrons. The van der Waals surface area contributed by atoms with E-state index in [4.69, 9.17) is 0 Å². The first-order chi connectivity index (χ1) is 10.1. The number of benzene rings is 1. The van der Waals surface area contributed by atoms with Crippen molar-refractivity contribution in [2.75, 3.05) is 13.1 Å². The number of halogens is 1. The molecule has 0 radical (unpaired) electrons. The van der Waals surface area contributed by atoms with Crippen molar-refractivity contribution in [1.29, 1.82) is 0 Å². The monoisotopic (exact) mass is 292 g/mol. The molecule has 1 atom stereocenters. The molecule has 2 rings (SSSR count). The lowest BCUT2D eigenvalue weighted by Gasteiger charge is -2.32. The molecule has 1 aliphatic rings. The van der Waals surface area contributed by atoms with Gasteiger partial charge >= 0.3 is 0 Å². The number of nitrogens with one attached hydrogen (secondary N) is 1. The first-order valence-corrected chi connectivity index (χ1v) is 7.85. The van der Waals surface area contributed by atoms with Gasteiger partial charge in [-0.3, -0.25) is 9.69 Å². The Balaban J connectivity index is 1.75. The van der Waals surface area contributed by atoms with Gasteiger partial charge in [-0.2, -0.15) is 0 Å². The van der Waals surface area contributed by atoms with Crippen molar-refractivity contribution in [3.63, 3.8) is 0 Å². The Labute approximate surface area is 126 Å². The molecule has 1 unspecified atom stereocenters. The summed E-state index contributed by atoms with van der Waals surface area (Å²) in [5.41, 5.74) is 1.14. The SMILES string of the molecule is CCC(C)C(=O)NC1CCN(Cc2ccc(F)cc2)CC1. The summed E-state index contributed by atoms with van der Waals surface area (Å²) in [5, 5.41) is 3.15. The number of hydrogen-bond acceptors (Lipinski definition) is 2. The van der Waals surface area contributed by atoms with E-state index in [1.54, 1.807) is 0 Å². The van der Waals surface area contributed by atoms with E-state index in [0.29, 0.717) is 6.04 Å². The van der Waals surface area contributed by atoms with Crippen molar-refractivity contribution in [3.05, 3.63) is 35.6 Å². The second kappa shape index (κ2) is 7.55. The number of amides is 1. The van der Waals surface area contributed by atoms with E-state index >= 15 is 0 Å². The number of carbonyl (C=O) groups excluding carboxylic acids is 1. The van der Waals surface area contributed by atoms with Gasteiger partial charge in [-0.05, 0) is 37.0 Å². The lowest BCUT2D eigenvalue weighted by molar-refractivity contribution is -0.125. The van der Waals surface area contributed by atoms with E-state index in [0.717, 1.165) is 44.5 Å². The van der Waals surface area contributed by atoms with Gasteiger partial charge in [-0.15, -0.1) is 0 Å². The van der Waals surface area contributed by atoms with Crippen molar-refractivity contribution < 1.29 is 9.18 Å². The van der Waals surface area contributed by atoms with Crippen LogP contribution in [0.2, 0.25) is 0 Å². The minimum absolute atomic E-state index is 0.0993. The molecule has 1 aromatic carbocycles. The molecule has 1 N–H and O–H groups in total. The lowest BCUT2D eigenvalue weighted by Crippen LogP contribution is -2.45. The van der Waals surface area contributed by atoms with E-state index in [-0.39, 0.29) is 17.6 Å². The molecule has 0 aliphatic carbocycles. The second-order valence-corrected chi connectivity index (χ2v) is 5.99. The summed E-state index contributed by atoms with van der Waals surface area (Å²) >= 11 is 0. The van der Waals surface area contributed by atoms with Crippen LogP contribution in [-0.4, -0.2) is 29.9 Å². The quantitative estimate of drug-likeness (QED) is 0.905. The topological polar surface area (TPSA) is 32.3 Å². The molecule has 0 aromatic heterocycles. The molecule has 0 spiro atoms. The Kier molecular flexibility index (Phi) is 5.74. The smallest absolute Gasteiger partial charge is 0.223 e. The lowest BCUT2D eigenvalue weighted by atomic mass is 10.0. The minimum Gasteiger partial charge on any atom is -0.353 e. The van der Waals surface area contributed by atoms with Gasteiger partial charge < -0.3 is 5.32 Å². The Morgan fingerprint density at radius 2 is 1.95 bits per heavy atom. The highest BCUT2D eigenvalue weighted by atomic mass is 19.1. The maximum Gasteiger partial charge on any atom is 0.223 e. The summed E-state index contributed by atoms with van der Waals surface area (Å²) in [7, 11) is 0. The summed E-state index contributed by atoms with van der Waals surface area (Å²) in [6, 6.07) is 7.00. The van der Waals surface area contributed by atoms with Crippen LogP contribution in [0.1, 0.15) is 38.7 Å². The zero-order valence-corrected chi connectivity index (χ0v) is 12.9. The van der Waals surface area contributed by atoms with Gasteiger partial charge in [-0.25, -0.2) is 4.39 Å². The maximum absolute atomic E-state index is 12.9. The van der Waals surface area contributed by atoms with Crippen LogP contribution in [0.5, 0.6) is 0 Å². The zero-order valence-electron chi connectivity index (χ0n) is 12.9. The molecular formula is C17H25FN2O. The van der Waals surface area contributed by atoms with Crippen LogP contribution in [-0.2, 0) is 11.3 Å². The molecule has 1 fully saturated rings. The average Bonchev–Trinajstić information content (AvgIpc) is 2.50. The minimum atomic E-state index is -0.190. The summed E-state index contributed by atoms with van der Waals surface area (Å²) in [5.74, 6) is 0.0851. The molecule has 0 bridgehead atoms. The van der Waals surface area contributed by atoms with Gasteiger partial charge in [0.2, 0.25) is 5.91 Å². The van der Waals surface area contributed by atoms with Crippen LogP contribution in [0.3, 0.4) is 0 Å². The Bertz CT molecular complexity index is 452. The summed E-state index contributed by atoms with van der Waals surface area (Å²) < 4.78 is 12.9. The number of hydrogen-bond donors (Lipinski definition) is 1. The molecule has 0 saturated carbocycles. The normalized spacial score (nSPS) is 18.4. The van der Waals surface area contributed by atoms with Crippen LogP contribution < -0.4 is 5.32 Å². The van der Waals surface area contributed by atoms with Gasteiger partial charge in [0, 0.05) is 31.6 Å². The van der Waals surface area contributed by atoms with Crippen molar-refractivity contribution in [3.8, 4) is 0 Å². The number of likely N-dealkylation sites (tertiary alicyclic amines) is 1. The van der Waals surface area contributed by atoms with Crippen molar-refractivity contribution >= 4 is 5.91 Å². The van der Waals surface area contributed by atoms with Crippen LogP contribution in [0.25, 0.3) is 0 Å². The van der Waals surface area contributed by atoms with E-state index in [2.05, 4.69) is 10.2 Å². The first-order valence-electron chi connectivity index (χ1n) is 7.85. The van der Waals surface area contributed by atoms with Crippen molar-refractivity contribution in [2.45, 2.75) is 45.7 Å². The predicted octanol–water partition coefficient (Wildman–Crippen LogP) is 2.95. The molecule has 1 aromatic rings. The molecule has 1 amide bonds. The highest BCUT2D eigenvalue weighted by Gasteiger charge is 2.22. The average molecular weight is 292 g/mol. The zero-order chi connectivity index (χ0) is 15.2. The van der Waals surface area contributed by atoms with Crippen LogP contribution in [0, 0.1) is 11.7 Å². The Hall–Kier alpha value is -1.42. The van der Waals surface area contributed by atoms with Crippen LogP contribution in [0.15, 0.2) is 24.3 Å². The molecule has 3 nitrogen and oxygen atoms in total. The van der Waals surface area contributed by atoms with E-state index in [9.17, 15) is 9.18 Å². The van der Waals surface area contributed by atoms with Crippen LogP contribution >= 0.6 is 0 Å². The van der Waals surface area contributed by atoms with Gasteiger partial charge in [0.25, 0.3) is 0 Å². The molecule has 21 heavy (non-hydrogen) atoms. The number of rotatable bonds is 5. The second-order valence-electron chi connectivity index (χ2n) is 5.99. The third kappa shape index (κ3) is 4.81. The molecule has 1 aliphatic heterocycles. The van der Waals surface area contributed by atoms with E-state index in [1.807, 2.05) is 26.0 Å². The number of piperidine rings is 1. The highest BCUT2D eigenvalue weighted by Crippen LogP contribution is 2.15. The van der Waals surface area contributed by atoms with Crippen LogP contribution in [0.4, 0.5) is 4.39 Å². The summed E-state index contributed by atoms with van der Waals surface area (Å²) in [4.78, 5) is 14.2. The first kappa shape index (κ1) is 16.0. The molecular weight excluding hydrogens is 267 g/mol. The standard InChI is InChI=1S/C17H25FN2O/c1-3-13(2)17(21)19-16-8-10-20(11-9-16)12-14-4-6-15(18)7-5-14/h4-7,13,16H,3,8-12H2,1-2H3,(H,19,21). The predicted molar refractivity (Wildman–Crippen MR) is 82.3 cm³/mol. The van der Waals surface area contributed by atoms with Crippen molar-refractivity contribution in [2.24, 2.45) is 5.92 Å². The number of nitrogens with zero attached hydrogens (tertiary/aromatic N) is 1. The third-order valence-electron chi connectivity index (χ3n) is 4.31. The fraction of sp³-hybridized carbons (Fsp3) is 0.588. The summed E-state index contributed by atoms with van der Waals surface area (Å²) in [6.07, 6.45) is 2.86. The van der Waals surface area contributed by atoms with Crippen molar-refractivity contribution in [1.82, 2.24) is 10.2 Å². The number of carbonyl (C=O) groups is 1. The van der Waals surface area contributed by atoms with E-state index in [1.165, 1.54) is 12.1 Å². The summed E-state index contributed by atoms with van der Waals surface area (Å²) in [6.45, 7) is 6.81. The Morgan fingerprint density at radius 3 is 2.52 bits per heavy atom. The Morgan fingerprint density at radius 1 is 1.33 bits per heavy atom. The highest BCUT2D eigenvalue weighted by molar-refractivity contribution is 5.78.